The van der Waals surface area contributed by atoms with Crippen LogP contribution in [0.25, 0.3) is 0 Å². The van der Waals surface area contributed by atoms with Crippen molar-refractivity contribution in [2.24, 2.45) is 5.73 Å². The average molecular weight is 316 g/mol. The van der Waals surface area contributed by atoms with Gasteiger partial charge < -0.3 is 15.8 Å². The molecule has 122 valence electrons. The number of carbonyl (C=O) groups is 1. The molecule has 0 aliphatic heterocycles. The molecule has 0 saturated carbocycles. The van der Waals surface area contributed by atoms with Gasteiger partial charge in [-0.2, -0.15) is 0 Å². The molecule has 0 unspecified atom stereocenters. The van der Waals surface area contributed by atoms with Crippen LogP contribution < -0.4 is 15.8 Å². The lowest BCUT2D eigenvalue weighted by atomic mass is 10.1. The van der Waals surface area contributed by atoms with Gasteiger partial charge in [-0.15, -0.1) is 0 Å². The largest absolute Gasteiger partial charge is 0.457 e. The van der Waals surface area contributed by atoms with Crippen molar-refractivity contribution in [2.75, 3.05) is 0 Å². The number of benzene rings is 2. The van der Waals surface area contributed by atoms with Gasteiger partial charge >= 0.3 is 0 Å². The fourth-order valence-electron chi connectivity index (χ4n) is 1.98. The Morgan fingerprint density at radius 1 is 1.22 bits per heavy atom. The molecule has 0 saturated heterocycles. The van der Waals surface area contributed by atoms with Crippen LogP contribution in [0.1, 0.15) is 25.0 Å². The van der Waals surface area contributed by atoms with Crippen molar-refractivity contribution in [2.45, 2.75) is 32.9 Å². The number of aryl methyl sites for hydroxylation is 1. The Hall–Kier alpha value is -2.40. The first-order chi connectivity index (χ1) is 10.8. The van der Waals surface area contributed by atoms with Crippen LogP contribution in [0.4, 0.5) is 4.39 Å². The monoisotopic (exact) mass is 316 g/mol. The number of amides is 1. The summed E-state index contributed by atoms with van der Waals surface area (Å²) in [6, 6.07) is 11.5. The van der Waals surface area contributed by atoms with E-state index < -0.39 is 5.54 Å². The number of hydrogen-bond donors (Lipinski definition) is 2. The molecule has 5 heteroatoms. The zero-order valence-electron chi connectivity index (χ0n) is 13.5. The molecular formula is C18H21FN2O2. The lowest BCUT2D eigenvalue weighted by Gasteiger charge is -2.18. The summed E-state index contributed by atoms with van der Waals surface area (Å²) in [4.78, 5) is 11.8. The number of nitrogens with one attached hydrogen (secondary N) is 1. The van der Waals surface area contributed by atoms with E-state index in [4.69, 9.17) is 10.5 Å². The number of halogens is 1. The standard InChI is InChI=1S/C18H21FN2O2/c1-12-10-13(11-21-17(22)18(2,3)20)4-9-16(12)23-15-7-5-14(19)6-8-15/h4-10H,11,20H2,1-3H3,(H,21,22). The van der Waals surface area contributed by atoms with Gasteiger partial charge in [0.2, 0.25) is 5.91 Å². The van der Waals surface area contributed by atoms with Crippen molar-refractivity contribution in [3.05, 3.63) is 59.4 Å². The summed E-state index contributed by atoms with van der Waals surface area (Å²) < 4.78 is 18.6. The maximum atomic E-state index is 12.9. The lowest BCUT2D eigenvalue weighted by molar-refractivity contribution is -0.125. The third-order valence-electron chi connectivity index (χ3n) is 3.32. The van der Waals surface area contributed by atoms with Crippen LogP contribution in [-0.4, -0.2) is 11.4 Å². The molecule has 0 aliphatic carbocycles. The van der Waals surface area contributed by atoms with Gasteiger partial charge in [0.05, 0.1) is 5.54 Å². The van der Waals surface area contributed by atoms with E-state index in [0.717, 1.165) is 11.1 Å². The van der Waals surface area contributed by atoms with E-state index >= 15 is 0 Å². The predicted molar refractivity (Wildman–Crippen MR) is 87.8 cm³/mol. The smallest absolute Gasteiger partial charge is 0.239 e. The van der Waals surface area contributed by atoms with Crippen molar-refractivity contribution in [3.63, 3.8) is 0 Å². The summed E-state index contributed by atoms with van der Waals surface area (Å²) in [6.07, 6.45) is 0. The zero-order chi connectivity index (χ0) is 17.0. The minimum absolute atomic E-state index is 0.207. The first kappa shape index (κ1) is 17.0. The van der Waals surface area contributed by atoms with Gasteiger partial charge in [0.25, 0.3) is 0 Å². The maximum Gasteiger partial charge on any atom is 0.239 e. The fraction of sp³-hybridized carbons (Fsp3) is 0.278. The van der Waals surface area contributed by atoms with Crippen molar-refractivity contribution < 1.29 is 13.9 Å². The van der Waals surface area contributed by atoms with Gasteiger partial charge in [-0.25, -0.2) is 4.39 Å². The highest BCUT2D eigenvalue weighted by atomic mass is 19.1. The third kappa shape index (κ3) is 4.79. The molecule has 0 aliphatic rings. The van der Waals surface area contributed by atoms with E-state index in [9.17, 15) is 9.18 Å². The van der Waals surface area contributed by atoms with Gasteiger partial charge in [-0.05, 0) is 62.2 Å². The van der Waals surface area contributed by atoms with Gasteiger partial charge in [-0.1, -0.05) is 12.1 Å². The minimum atomic E-state index is -0.902. The summed E-state index contributed by atoms with van der Waals surface area (Å²) >= 11 is 0. The van der Waals surface area contributed by atoms with E-state index in [1.807, 2.05) is 25.1 Å². The Bertz CT molecular complexity index is 691. The van der Waals surface area contributed by atoms with Crippen molar-refractivity contribution in [1.29, 1.82) is 0 Å². The zero-order valence-corrected chi connectivity index (χ0v) is 13.5. The fourth-order valence-corrected chi connectivity index (χ4v) is 1.98. The molecular weight excluding hydrogens is 295 g/mol. The van der Waals surface area contributed by atoms with Gasteiger partial charge in [-0.3, -0.25) is 4.79 Å². The summed E-state index contributed by atoms with van der Waals surface area (Å²) in [5.41, 5.74) is 6.71. The van der Waals surface area contributed by atoms with Gasteiger partial charge in [0.1, 0.15) is 17.3 Å². The normalized spacial score (nSPS) is 11.2. The van der Waals surface area contributed by atoms with E-state index in [1.165, 1.54) is 12.1 Å². The van der Waals surface area contributed by atoms with Crippen molar-refractivity contribution in [3.8, 4) is 11.5 Å². The molecule has 0 radical (unpaired) electrons. The van der Waals surface area contributed by atoms with Crippen LogP contribution in [-0.2, 0) is 11.3 Å². The van der Waals surface area contributed by atoms with Crippen LogP contribution in [0, 0.1) is 12.7 Å². The molecule has 0 aromatic heterocycles. The van der Waals surface area contributed by atoms with Crippen LogP contribution in [0.2, 0.25) is 0 Å². The highest BCUT2D eigenvalue weighted by Crippen LogP contribution is 2.25. The predicted octanol–water partition coefficient (Wildman–Crippen LogP) is 3.28. The summed E-state index contributed by atoms with van der Waals surface area (Å²) in [7, 11) is 0. The second-order valence-corrected chi connectivity index (χ2v) is 6.06. The Labute approximate surface area is 135 Å². The van der Waals surface area contributed by atoms with E-state index in [-0.39, 0.29) is 11.7 Å². The molecule has 0 atom stereocenters. The van der Waals surface area contributed by atoms with Crippen molar-refractivity contribution >= 4 is 5.91 Å². The molecule has 0 heterocycles. The minimum Gasteiger partial charge on any atom is -0.457 e. The molecule has 1 amide bonds. The van der Waals surface area contributed by atoms with Crippen LogP contribution >= 0.6 is 0 Å². The molecule has 23 heavy (non-hydrogen) atoms. The van der Waals surface area contributed by atoms with Crippen LogP contribution in [0.3, 0.4) is 0 Å². The van der Waals surface area contributed by atoms with E-state index in [2.05, 4.69) is 5.32 Å². The highest BCUT2D eigenvalue weighted by molar-refractivity contribution is 5.84. The summed E-state index contributed by atoms with van der Waals surface area (Å²) in [5, 5.41) is 2.80. The molecule has 4 nitrogen and oxygen atoms in total. The van der Waals surface area contributed by atoms with Crippen molar-refractivity contribution in [1.82, 2.24) is 5.32 Å². The van der Waals surface area contributed by atoms with E-state index in [1.54, 1.807) is 26.0 Å². The second kappa shape index (κ2) is 6.79. The number of rotatable bonds is 5. The van der Waals surface area contributed by atoms with Gasteiger partial charge in [0, 0.05) is 6.54 Å². The third-order valence-corrected chi connectivity index (χ3v) is 3.32. The Morgan fingerprint density at radius 2 is 1.87 bits per heavy atom. The number of ether oxygens (including phenoxy) is 1. The maximum absolute atomic E-state index is 12.9. The summed E-state index contributed by atoms with van der Waals surface area (Å²) in [5.74, 6) is 0.746. The molecule has 0 fully saturated rings. The quantitative estimate of drug-likeness (QED) is 0.890. The molecule has 2 rings (SSSR count). The van der Waals surface area contributed by atoms with Gasteiger partial charge in [0.15, 0.2) is 0 Å². The number of carbonyl (C=O) groups excluding carboxylic acids is 1. The number of nitrogens with two attached hydrogens (primary N) is 1. The number of hydrogen-bond acceptors (Lipinski definition) is 3. The lowest BCUT2D eigenvalue weighted by Crippen LogP contribution is -2.48. The topological polar surface area (TPSA) is 64.4 Å². The Balaban J connectivity index is 2.03. The van der Waals surface area contributed by atoms with Crippen LogP contribution in [0.5, 0.6) is 11.5 Å². The molecule has 2 aromatic rings. The first-order valence-electron chi connectivity index (χ1n) is 7.36. The Morgan fingerprint density at radius 3 is 2.43 bits per heavy atom. The Kier molecular flexibility index (Phi) is 5.01. The molecule has 0 spiro atoms. The molecule has 0 bridgehead atoms. The second-order valence-electron chi connectivity index (χ2n) is 6.06. The highest BCUT2D eigenvalue weighted by Gasteiger charge is 2.21. The SMILES string of the molecule is Cc1cc(CNC(=O)C(C)(C)N)ccc1Oc1ccc(F)cc1. The summed E-state index contributed by atoms with van der Waals surface area (Å²) in [6.45, 7) is 5.63. The van der Waals surface area contributed by atoms with Crippen LogP contribution in [0.15, 0.2) is 42.5 Å². The molecule has 3 N–H and O–H groups in total. The molecule has 2 aromatic carbocycles. The van der Waals surface area contributed by atoms with E-state index in [0.29, 0.717) is 18.0 Å². The first-order valence-corrected chi connectivity index (χ1v) is 7.36. The average Bonchev–Trinajstić information content (AvgIpc) is 2.48.